The summed E-state index contributed by atoms with van der Waals surface area (Å²) in [7, 11) is 0. The lowest BCUT2D eigenvalue weighted by molar-refractivity contribution is 0.263. The van der Waals surface area contributed by atoms with Gasteiger partial charge >= 0.3 is 0 Å². The van der Waals surface area contributed by atoms with E-state index in [0.29, 0.717) is 34.8 Å². The van der Waals surface area contributed by atoms with Gasteiger partial charge in [0, 0.05) is 10.0 Å². The molecule has 3 aromatic carbocycles. The molecule has 0 fully saturated rings. The number of hydrogen-bond donors (Lipinski definition) is 1. The number of para-hydroxylation sites is 1. The van der Waals surface area contributed by atoms with Crippen LogP contribution in [0.4, 0.5) is 0 Å². The van der Waals surface area contributed by atoms with Crippen molar-refractivity contribution in [2.45, 2.75) is 13.2 Å². The fraction of sp³-hybridized carbons (Fsp3) is 0.100. The van der Waals surface area contributed by atoms with Crippen molar-refractivity contribution in [2.75, 3.05) is 0 Å². The first-order chi connectivity index (χ1) is 12.1. The van der Waals surface area contributed by atoms with Crippen LogP contribution in [0.5, 0.6) is 17.2 Å². The average Bonchev–Trinajstić information content (AvgIpc) is 2.62. The van der Waals surface area contributed by atoms with Crippen LogP contribution in [0.25, 0.3) is 0 Å². The highest BCUT2D eigenvalue weighted by Gasteiger charge is 2.10. The van der Waals surface area contributed by atoms with Gasteiger partial charge in [0.2, 0.25) is 5.75 Å². The van der Waals surface area contributed by atoms with Crippen LogP contribution in [0.3, 0.4) is 0 Å². The minimum Gasteiger partial charge on any atom is -0.502 e. The molecule has 0 saturated heterocycles. The quantitative estimate of drug-likeness (QED) is 0.587. The molecule has 0 saturated carbocycles. The Kier molecular flexibility index (Phi) is 5.69. The molecule has 0 aliphatic rings. The van der Waals surface area contributed by atoms with Crippen LogP contribution >= 0.6 is 23.2 Å². The zero-order valence-electron chi connectivity index (χ0n) is 13.3. The molecule has 25 heavy (non-hydrogen) atoms. The van der Waals surface area contributed by atoms with Gasteiger partial charge in [-0.3, -0.25) is 0 Å². The molecule has 0 atom stereocenters. The summed E-state index contributed by atoms with van der Waals surface area (Å²) >= 11 is 11.7. The van der Waals surface area contributed by atoms with Crippen LogP contribution < -0.4 is 9.47 Å². The van der Waals surface area contributed by atoms with Crippen molar-refractivity contribution in [2.24, 2.45) is 0 Å². The van der Waals surface area contributed by atoms with Crippen LogP contribution in [0.2, 0.25) is 10.0 Å². The SMILES string of the molecule is Oc1c(OCc2ccc(Cl)cc2)cccc1OCc1ccc(Cl)cc1. The molecule has 3 aromatic rings. The molecular weight excluding hydrogens is 359 g/mol. The highest BCUT2D eigenvalue weighted by Crippen LogP contribution is 2.36. The van der Waals surface area contributed by atoms with Gasteiger partial charge in [0.15, 0.2) is 11.5 Å². The Balaban J connectivity index is 1.64. The van der Waals surface area contributed by atoms with Gasteiger partial charge in [-0.1, -0.05) is 53.5 Å². The van der Waals surface area contributed by atoms with Crippen molar-refractivity contribution in [3.63, 3.8) is 0 Å². The first-order valence-electron chi connectivity index (χ1n) is 7.68. The first kappa shape index (κ1) is 17.5. The van der Waals surface area contributed by atoms with Gasteiger partial charge in [-0.25, -0.2) is 0 Å². The minimum absolute atomic E-state index is 0.0228. The number of benzene rings is 3. The zero-order valence-corrected chi connectivity index (χ0v) is 14.8. The van der Waals surface area contributed by atoms with E-state index in [2.05, 4.69) is 0 Å². The summed E-state index contributed by atoms with van der Waals surface area (Å²) < 4.78 is 11.4. The van der Waals surface area contributed by atoms with Crippen LogP contribution in [0.1, 0.15) is 11.1 Å². The van der Waals surface area contributed by atoms with E-state index in [1.165, 1.54) is 0 Å². The number of ether oxygens (including phenoxy) is 2. The van der Waals surface area contributed by atoms with Gasteiger partial charge in [0.05, 0.1) is 0 Å². The van der Waals surface area contributed by atoms with Gasteiger partial charge in [-0.2, -0.15) is 0 Å². The zero-order chi connectivity index (χ0) is 17.6. The Hall–Kier alpha value is -2.36. The summed E-state index contributed by atoms with van der Waals surface area (Å²) in [5, 5.41) is 11.7. The van der Waals surface area contributed by atoms with E-state index in [1.54, 1.807) is 42.5 Å². The van der Waals surface area contributed by atoms with Crippen LogP contribution in [-0.2, 0) is 13.2 Å². The Bertz CT molecular complexity index is 763. The number of aromatic hydroxyl groups is 1. The summed E-state index contributed by atoms with van der Waals surface area (Å²) in [6, 6.07) is 19.9. The van der Waals surface area contributed by atoms with Gasteiger partial charge in [0.25, 0.3) is 0 Å². The van der Waals surface area contributed by atoms with Crippen LogP contribution in [-0.4, -0.2) is 5.11 Å². The minimum atomic E-state index is -0.0228. The van der Waals surface area contributed by atoms with Crippen molar-refractivity contribution in [3.05, 3.63) is 87.9 Å². The Morgan fingerprint density at radius 3 is 1.44 bits per heavy atom. The number of hydrogen-bond acceptors (Lipinski definition) is 3. The second-order valence-corrected chi connectivity index (χ2v) is 6.31. The maximum Gasteiger partial charge on any atom is 0.200 e. The molecular formula is C20H16Cl2O3. The van der Waals surface area contributed by atoms with Gasteiger partial charge in [0.1, 0.15) is 13.2 Å². The van der Waals surface area contributed by atoms with Crippen molar-refractivity contribution in [1.29, 1.82) is 0 Å². The third-order valence-electron chi connectivity index (χ3n) is 3.58. The molecule has 3 rings (SSSR count). The van der Waals surface area contributed by atoms with E-state index in [0.717, 1.165) is 11.1 Å². The molecule has 0 aliphatic heterocycles. The first-order valence-corrected chi connectivity index (χ1v) is 8.44. The van der Waals surface area contributed by atoms with Gasteiger partial charge in [-0.15, -0.1) is 0 Å². The van der Waals surface area contributed by atoms with Crippen molar-refractivity contribution >= 4 is 23.2 Å². The Morgan fingerprint density at radius 2 is 1.04 bits per heavy atom. The molecule has 0 bridgehead atoms. The van der Waals surface area contributed by atoms with Crippen molar-refractivity contribution in [3.8, 4) is 17.2 Å². The van der Waals surface area contributed by atoms with Crippen LogP contribution in [0.15, 0.2) is 66.7 Å². The summed E-state index contributed by atoms with van der Waals surface area (Å²) in [6.45, 7) is 0.650. The maximum atomic E-state index is 10.3. The average molecular weight is 375 g/mol. The molecule has 5 heteroatoms. The fourth-order valence-corrected chi connectivity index (χ4v) is 2.47. The lowest BCUT2D eigenvalue weighted by atomic mass is 10.2. The van der Waals surface area contributed by atoms with Gasteiger partial charge in [-0.05, 0) is 47.5 Å². The third kappa shape index (κ3) is 4.81. The Morgan fingerprint density at radius 1 is 0.640 bits per heavy atom. The van der Waals surface area contributed by atoms with Crippen molar-refractivity contribution < 1.29 is 14.6 Å². The van der Waals surface area contributed by atoms with E-state index in [9.17, 15) is 5.11 Å². The molecule has 0 spiro atoms. The molecule has 3 nitrogen and oxygen atoms in total. The number of phenolic OH excluding ortho intramolecular Hbond substituents is 1. The maximum absolute atomic E-state index is 10.3. The normalized spacial score (nSPS) is 10.5. The largest absolute Gasteiger partial charge is 0.502 e. The summed E-state index contributed by atoms with van der Waals surface area (Å²) in [4.78, 5) is 0. The van der Waals surface area contributed by atoms with Crippen molar-refractivity contribution in [1.82, 2.24) is 0 Å². The molecule has 0 unspecified atom stereocenters. The van der Waals surface area contributed by atoms with E-state index < -0.39 is 0 Å². The van der Waals surface area contributed by atoms with E-state index in [4.69, 9.17) is 32.7 Å². The molecule has 0 aromatic heterocycles. The predicted molar refractivity (Wildman–Crippen MR) is 99.7 cm³/mol. The van der Waals surface area contributed by atoms with E-state index in [1.807, 2.05) is 24.3 Å². The molecule has 0 amide bonds. The predicted octanol–water partition coefficient (Wildman–Crippen LogP) is 5.86. The molecule has 0 aliphatic carbocycles. The summed E-state index contributed by atoms with van der Waals surface area (Å²) in [5.41, 5.74) is 1.91. The Labute approximate surface area is 156 Å². The third-order valence-corrected chi connectivity index (χ3v) is 4.08. The molecule has 128 valence electrons. The lowest BCUT2D eigenvalue weighted by Gasteiger charge is -2.12. The van der Waals surface area contributed by atoms with E-state index >= 15 is 0 Å². The van der Waals surface area contributed by atoms with Gasteiger partial charge < -0.3 is 14.6 Å². The standard InChI is InChI=1S/C20H16Cl2O3/c21-16-8-4-14(5-9-16)12-24-18-2-1-3-19(20(18)23)25-13-15-6-10-17(22)11-7-15/h1-11,23H,12-13H2. The monoisotopic (exact) mass is 374 g/mol. The molecule has 0 heterocycles. The number of phenols is 1. The fourth-order valence-electron chi connectivity index (χ4n) is 2.22. The highest BCUT2D eigenvalue weighted by atomic mass is 35.5. The second-order valence-electron chi connectivity index (χ2n) is 5.43. The molecule has 1 N–H and O–H groups in total. The number of rotatable bonds is 6. The van der Waals surface area contributed by atoms with E-state index in [-0.39, 0.29) is 5.75 Å². The highest BCUT2D eigenvalue weighted by molar-refractivity contribution is 6.30. The topological polar surface area (TPSA) is 38.7 Å². The summed E-state index contributed by atoms with van der Waals surface area (Å²) in [5.74, 6) is 0.706. The smallest absolute Gasteiger partial charge is 0.200 e. The van der Waals surface area contributed by atoms with Crippen LogP contribution in [0, 0.1) is 0 Å². The molecule has 0 radical (unpaired) electrons. The lowest BCUT2D eigenvalue weighted by Crippen LogP contribution is -1.98. The second kappa shape index (κ2) is 8.15. The summed E-state index contributed by atoms with van der Waals surface area (Å²) in [6.07, 6.45) is 0. The number of halogens is 2.